The Kier molecular flexibility index (Phi) is 4.80. The van der Waals surface area contributed by atoms with E-state index in [1.807, 2.05) is 11.5 Å². The van der Waals surface area contributed by atoms with Gasteiger partial charge in [-0.1, -0.05) is 30.3 Å². The molecule has 1 rings (SSSR count). The van der Waals surface area contributed by atoms with Crippen molar-refractivity contribution in [1.29, 1.82) is 0 Å². The molecule has 0 aliphatic heterocycles. The number of carbonyl (C=O) groups excluding carboxylic acids is 1. The minimum Gasteiger partial charge on any atom is -0.368 e. The lowest BCUT2D eigenvalue weighted by atomic mass is 10.1. The van der Waals surface area contributed by atoms with Gasteiger partial charge >= 0.3 is 7.82 Å². The van der Waals surface area contributed by atoms with Crippen LogP contribution in [0.1, 0.15) is 5.56 Å². The van der Waals surface area contributed by atoms with E-state index < -0.39 is 19.8 Å². The number of nitrogens with one attached hydrogen (secondary N) is 1. The molecule has 94 valence electrons. The number of carbonyl (C=O) groups is 1. The van der Waals surface area contributed by atoms with Crippen molar-refractivity contribution in [3.63, 3.8) is 0 Å². The van der Waals surface area contributed by atoms with Gasteiger partial charge in [-0.3, -0.25) is 4.79 Å². The van der Waals surface area contributed by atoms with Gasteiger partial charge in [0.05, 0.1) is 0 Å². The first-order valence-electron chi connectivity index (χ1n) is 4.71. The highest BCUT2D eigenvalue weighted by atomic mass is 31.2. The monoisotopic (exact) mass is 260 g/mol. The van der Waals surface area contributed by atoms with Gasteiger partial charge in [0.15, 0.2) is 0 Å². The summed E-state index contributed by atoms with van der Waals surface area (Å²) in [7, 11) is -4.68. The van der Waals surface area contributed by atoms with E-state index >= 15 is 0 Å². The Hall–Kier alpha value is -1.24. The number of primary amides is 1. The van der Waals surface area contributed by atoms with E-state index in [1.54, 1.807) is 24.3 Å². The van der Waals surface area contributed by atoms with Gasteiger partial charge in [0, 0.05) is 0 Å². The molecule has 8 heteroatoms. The molecule has 0 aliphatic rings. The van der Waals surface area contributed by atoms with Crippen molar-refractivity contribution in [2.24, 2.45) is 5.73 Å². The number of hydrogen-bond acceptors (Lipinski definition) is 4. The highest BCUT2D eigenvalue weighted by molar-refractivity contribution is 7.46. The molecular weight excluding hydrogens is 247 g/mol. The van der Waals surface area contributed by atoms with Crippen molar-refractivity contribution in [2.45, 2.75) is 12.5 Å². The molecule has 1 amide bonds. The lowest BCUT2D eigenvalue weighted by Crippen LogP contribution is -2.42. The fourth-order valence-corrected chi connectivity index (χ4v) is 1.45. The van der Waals surface area contributed by atoms with E-state index in [0.717, 1.165) is 5.56 Å². The van der Waals surface area contributed by atoms with Crippen LogP contribution in [0.2, 0.25) is 0 Å². The Morgan fingerprint density at radius 2 is 2.00 bits per heavy atom. The number of benzene rings is 1. The first-order valence-corrected chi connectivity index (χ1v) is 6.24. The van der Waals surface area contributed by atoms with Gasteiger partial charge < -0.3 is 15.5 Å². The van der Waals surface area contributed by atoms with E-state index in [2.05, 4.69) is 4.62 Å². The Bertz CT molecular complexity index is 419. The van der Waals surface area contributed by atoms with Crippen LogP contribution in [0.15, 0.2) is 30.3 Å². The van der Waals surface area contributed by atoms with Crippen LogP contribution in [0.3, 0.4) is 0 Å². The van der Waals surface area contributed by atoms with Gasteiger partial charge in [0.2, 0.25) is 5.91 Å². The topological polar surface area (TPSA) is 122 Å². The summed E-state index contributed by atoms with van der Waals surface area (Å²) in [6.07, 6.45) is 0.177. The van der Waals surface area contributed by atoms with Crippen LogP contribution in [-0.2, 0) is 20.4 Å². The normalized spacial score (nSPS) is 13.3. The van der Waals surface area contributed by atoms with Gasteiger partial charge in [-0.05, 0) is 12.0 Å². The van der Waals surface area contributed by atoms with E-state index in [1.165, 1.54) is 0 Å². The molecular formula is C9H13N2O5P. The third kappa shape index (κ3) is 5.58. The van der Waals surface area contributed by atoms with Crippen molar-refractivity contribution in [2.75, 3.05) is 0 Å². The number of phosphoric acid groups is 1. The first-order chi connectivity index (χ1) is 7.88. The molecule has 0 bridgehead atoms. The molecule has 0 fully saturated rings. The van der Waals surface area contributed by atoms with Crippen molar-refractivity contribution in [3.8, 4) is 0 Å². The predicted octanol–water partition coefficient (Wildman–Crippen LogP) is -0.303. The van der Waals surface area contributed by atoms with Gasteiger partial charge in [-0.2, -0.15) is 10.1 Å². The summed E-state index contributed by atoms with van der Waals surface area (Å²) in [5.74, 6) is -0.762. The summed E-state index contributed by atoms with van der Waals surface area (Å²) in [6, 6.07) is 7.87. The van der Waals surface area contributed by atoms with Crippen molar-refractivity contribution < 1.29 is 23.8 Å². The second kappa shape index (κ2) is 5.90. The van der Waals surface area contributed by atoms with Crippen LogP contribution in [0.5, 0.6) is 0 Å². The predicted molar refractivity (Wildman–Crippen MR) is 59.4 cm³/mol. The van der Waals surface area contributed by atoms with Crippen molar-refractivity contribution >= 4 is 13.7 Å². The van der Waals surface area contributed by atoms with Crippen LogP contribution in [0.4, 0.5) is 0 Å². The van der Waals surface area contributed by atoms with Gasteiger partial charge in [0.25, 0.3) is 0 Å². The van der Waals surface area contributed by atoms with Gasteiger partial charge in [-0.25, -0.2) is 4.57 Å². The SMILES string of the molecule is NC(=O)[C@H](Cc1ccccc1)NOP(=O)(O)O. The number of hydrogen-bond donors (Lipinski definition) is 4. The average Bonchev–Trinajstić information content (AvgIpc) is 2.24. The molecule has 1 aromatic carbocycles. The largest absolute Gasteiger partial charge is 0.486 e. The molecule has 0 aromatic heterocycles. The van der Waals surface area contributed by atoms with E-state index in [9.17, 15) is 9.36 Å². The summed E-state index contributed by atoms with van der Waals surface area (Å²) in [4.78, 5) is 28.0. The fraction of sp³-hybridized carbons (Fsp3) is 0.222. The molecule has 1 atom stereocenters. The molecule has 0 unspecified atom stereocenters. The van der Waals surface area contributed by atoms with Crippen LogP contribution >= 0.6 is 7.82 Å². The van der Waals surface area contributed by atoms with E-state index in [4.69, 9.17) is 15.5 Å². The zero-order valence-corrected chi connectivity index (χ0v) is 9.71. The molecule has 17 heavy (non-hydrogen) atoms. The molecule has 0 saturated carbocycles. The molecule has 0 heterocycles. The quantitative estimate of drug-likeness (QED) is 0.411. The zero-order chi connectivity index (χ0) is 12.9. The maximum atomic E-state index is 11.0. The lowest BCUT2D eigenvalue weighted by Gasteiger charge is -2.15. The summed E-state index contributed by atoms with van der Waals surface area (Å²) < 4.78 is 14.5. The fourth-order valence-electron chi connectivity index (χ4n) is 1.18. The van der Waals surface area contributed by atoms with Crippen molar-refractivity contribution in [1.82, 2.24) is 5.48 Å². The van der Waals surface area contributed by atoms with Crippen LogP contribution < -0.4 is 11.2 Å². The Morgan fingerprint density at radius 1 is 1.41 bits per heavy atom. The standard InChI is InChI=1S/C9H13N2O5P/c10-9(12)8(11-16-17(13,14)15)6-7-4-2-1-3-5-7/h1-5,8,11H,6H2,(H2,10,12)(H2,13,14,15)/t8-/m0/s1. The minimum absolute atomic E-state index is 0.177. The zero-order valence-electron chi connectivity index (χ0n) is 8.81. The van der Waals surface area contributed by atoms with Gasteiger partial charge in [-0.15, -0.1) is 0 Å². The lowest BCUT2D eigenvalue weighted by molar-refractivity contribution is -0.122. The Balaban J connectivity index is 2.62. The smallest absolute Gasteiger partial charge is 0.368 e. The number of nitrogens with two attached hydrogens (primary N) is 1. The third-order valence-corrected chi connectivity index (χ3v) is 2.28. The van der Waals surface area contributed by atoms with E-state index in [-0.39, 0.29) is 6.42 Å². The molecule has 0 radical (unpaired) electrons. The second-order valence-corrected chi connectivity index (χ2v) is 4.51. The molecule has 1 aromatic rings. The summed E-state index contributed by atoms with van der Waals surface area (Å²) in [5, 5.41) is 0. The number of amides is 1. The maximum absolute atomic E-state index is 11.0. The summed E-state index contributed by atoms with van der Waals surface area (Å²) >= 11 is 0. The summed E-state index contributed by atoms with van der Waals surface area (Å²) in [6.45, 7) is 0. The van der Waals surface area contributed by atoms with Crippen LogP contribution in [0, 0.1) is 0 Å². The summed E-state index contributed by atoms with van der Waals surface area (Å²) in [5.41, 5.74) is 7.84. The minimum atomic E-state index is -4.68. The van der Waals surface area contributed by atoms with Crippen LogP contribution in [0.25, 0.3) is 0 Å². The molecule has 5 N–H and O–H groups in total. The van der Waals surface area contributed by atoms with Crippen LogP contribution in [-0.4, -0.2) is 21.7 Å². The Labute approximate surface area is 97.8 Å². The first kappa shape index (κ1) is 13.8. The van der Waals surface area contributed by atoms with Crippen molar-refractivity contribution in [3.05, 3.63) is 35.9 Å². The third-order valence-electron chi connectivity index (χ3n) is 1.94. The molecule has 0 aliphatic carbocycles. The molecule has 7 nitrogen and oxygen atoms in total. The highest BCUT2D eigenvalue weighted by Crippen LogP contribution is 2.34. The Morgan fingerprint density at radius 3 is 2.47 bits per heavy atom. The molecule has 0 spiro atoms. The molecule has 0 saturated heterocycles. The second-order valence-electron chi connectivity index (χ2n) is 3.34. The average molecular weight is 260 g/mol. The highest BCUT2D eigenvalue weighted by Gasteiger charge is 2.21. The number of rotatable bonds is 6. The maximum Gasteiger partial charge on any atom is 0.486 e. The van der Waals surface area contributed by atoms with Gasteiger partial charge in [0.1, 0.15) is 6.04 Å². The number of hydroxylamine groups is 1. The van der Waals surface area contributed by atoms with E-state index in [0.29, 0.717) is 0 Å².